The summed E-state index contributed by atoms with van der Waals surface area (Å²) < 4.78 is 0. The molecule has 0 radical (unpaired) electrons. The van der Waals surface area contributed by atoms with Crippen molar-refractivity contribution in [3.8, 4) is 0 Å². The smallest absolute Gasteiger partial charge is 0.257 e. The number of aromatic nitrogens is 1. The molecule has 0 bridgehead atoms. The molecule has 2 N–H and O–H groups in total. The van der Waals surface area contributed by atoms with Gasteiger partial charge < -0.3 is 10.6 Å². The maximum atomic E-state index is 12.8. The van der Waals surface area contributed by atoms with Gasteiger partial charge in [0.15, 0.2) is 5.78 Å². The Morgan fingerprint density at radius 3 is 2.21 bits per heavy atom. The number of pyridine rings is 1. The van der Waals surface area contributed by atoms with E-state index in [1.807, 2.05) is 36.4 Å². The molecule has 1 amide bonds. The molecule has 2 aromatic carbocycles. The predicted octanol–water partition coefficient (Wildman–Crippen LogP) is 5.58. The number of anilines is 3. The van der Waals surface area contributed by atoms with Gasteiger partial charge in [-0.3, -0.25) is 14.6 Å². The maximum Gasteiger partial charge on any atom is 0.257 e. The zero-order valence-electron chi connectivity index (χ0n) is 17.1. The minimum absolute atomic E-state index is 0.0208. The first-order chi connectivity index (χ1) is 13.7. The molecule has 1 aromatic heterocycles. The van der Waals surface area contributed by atoms with Crippen LogP contribution in [0, 0.1) is 0 Å². The van der Waals surface area contributed by atoms with Crippen LogP contribution in [0.2, 0.25) is 0 Å². The molecule has 0 saturated heterocycles. The Balaban J connectivity index is 1.77. The van der Waals surface area contributed by atoms with Gasteiger partial charge in [0.05, 0.1) is 17.4 Å². The van der Waals surface area contributed by atoms with Crippen LogP contribution >= 0.6 is 0 Å². The molecule has 1 heterocycles. The normalized spacial score (nSPS) is 11.0. The molecule has 5 heteroatoms. The molecule has 0 aliphatic rings. The first kappa shape index (κ1) is 20.3. The lowest BCUT2D eigenvalue weighted by atomic mass is 9.86. The van der Waals surface area contributed by atoms with Crippen LogP contribution in [0.25, 0.3) is 0 Å². The SMILES string of the molecule is CC(=O)c1ccc(Nc2cncc(C(=O)Nc3ccccc3C(C)(C)C)c2)cc1. The molecule has 0 saturated carbocycles. The molecular formula is C24H25N3O2. The Kier molecular flexibility index (Phi) is 5.78. The number of nitrogens with zero attached hydrogens (tertiary/aromatic N) is 1. The Bertz CT molecular complexity index is 1030. The van der Waals surface area contributed by atoms with Crippen LogP contribution in [0.15, 0.2) is 67.0 Å². The number of carbonyl (C=O) groups excluding carboxylic acids is 2. The standard InChI is InChI=1S/C24H25N3O2/c1-16(28)17-9-11-19(12-10-17)26-20-13-18(14-25-15-20)23(29)27-22-8-6-5-7-21(22)24(2,3)4/h5-15,26H,1-4H3,(H,27,29). The van der Waals surface area contributed by atoms with Crippen molar-refractivity contribution in [3.63, 3.8) is 0 Å². The van der Waals surface area contributed by atoms with Crippen LogP contribution in [0.1, 0.15) is 54.0 Å². The predicted molar refractivity (Wildman–Crippen MR) is 117 cm³/mol. The molecule has 0 aliphatic carbocycles. The fourth-order valence-electron chi connectivity index (χ4n) is 3.03. The quantitative estimate of drug-likeness (QED) is 0.561. The third-order valence-electron chi connectivity index (χ3n) is 4.56. The molecule has 0 fully saturated rings. The van der Waals surface area contributed by atoms with E-state index in [4.69, 9.17) is 0 Å². The topological polar surface area (TPSA) is 71.1 Å². The van der Waals surface area contributed by atoms with Crippen LogP contribution in [-0.2, 0) is 5.41 Å². The number of ketones is 1. The summed E-state index contributed by atoms with van der Waals surface area (Å²) in [6.45, 7) is 7.87. The number of nitrogens with one attached hydrogen (secondary N) is 2. The zero-order valence-corrected chi connectivity index (χ0v) is 17.1. The first-order valence-electron chi connectivity index (χ1n) is 9.48. The second-order valence-corrected chi connectivity index (χ2v) is 7.97. The number of amides is 1. The van der Waals surface area contributed by atoms with E-state index in [0.717, 1.165) is 16.9 Å². The van der Waals surface area contributed by atoms with E-state index in [9.17, 15) is 9.59 Å². The van der Waals surface area contributed by atoms with Gasteiger partial charge in [-0.1, -0.05) is 39.0 Å². The number of para-hydroxylation sites is 1. The first-order valence-corrected chi connectivity index (χ1v) is 9.48. The fourth-order valence-corrected chi connectivity index (χ4v) is 3.03. The number of hydrogen-bond acceptors (Lipinski definition) is 4. The van der Waals surface area contributed by atoms with E-state index >= 15 is 0 Å². The van der Waals surface area contributed by atoms with Gasteiger partial charge in [0.1, 0.15) is 0 Å². The van der Waals surface area contributed by atoms with E-state index in [0.29, 0.717) is 16.8 Å². The summed E-state index contributed by atoms with van der Waals surface area (Å²) in [4.78, 5) is 28.4. The Labute approximate surface area is 171 Å². The van der Waals surface area contributed by atoms with Gasteiger partial charge in [-0.05, 0) is 54.3 Å². The molecule has 148 valence electrons. The highest BCUT2D eigenvalue weighted by Gasteiger charge is 2.19. The van der Waals surface area contributed by atoms with E-state index in [1.165, 1.54) is 6.92 Å². The van der Waals surface area contributed by atoms with Crippen molar-refractivity contribution in [2.45, 2.75) is 33.1 Å². The number of Topliss-reactive ketones (excluding diaryl/α,β-unsaturated/α-hetero) is 1. The summed E-state index contributed by atoms with van der Waals surface area (Å²) in [7, 11) is 0. The summed E-state index contributed by atoms with van der Waals surface area (Å²) >= 11 is 0. The molecule has 0 spiro atoms. The molecule has 0 atom stereocenters. The van der Waals surface area contributed by atoms with Gasteiger partial charge in [-0.15, -0.1) is 0 Å². The van der Waals surface area contributed by atoms with E-state index < -0.39 is 0 Å². The molecule has 5 nitrogen and oxygen atoms in total. The van der Waals surface area contributed by atoms with Crippen LogP contribution < -0.4 is 10.6 Å². The number of rotatable bonds is 5. The highest BCUT2D eigenvalue weighted by Crippen LogP contribution is 2.29. The van der Waals surface area contributed by atoms with Crippen molar-refractivity contribution in [3.05, 3.63) is 83.7 Å². The summed E-state index contributed by atoms with van der Waals surface area (Å²) in [6, 6.07) is 16.7. The molecule has 3 aromatic rings. The van der Waals surface area contributed by atoms with Crippen LogP contribution in [0.5, 0.6) is 0 Å². The van der Waals surface area contributed by atoms with Crippen LogP contribution in [-0.4, -0.2) is 16.7 Å². The highest BCUT2D eigenvalue weighted by atomic mass is 16.1. The lowest BCUT2D eigenvalue weighted by Gasteiger charge is -2.23. The zero-order chi connectivity index (χ0) is 21.0. The van der Waals surface area contributed by atoms with Crippen LogP contribution in [0.3, 0.4) is 0 Å². The van der Waals surface area contributed by atoms with Crippen molar-refractivity contribution in [1.82, 2.24) is 4.98 Å². The Morgan fingerprint density at radius 2 is 1.55 bits per heavy atom. The third kappa shape index (κ3) is 5.08. The Hall–Kier alpha value is -3.47. The van der Waals surface area contributed by atoms with Crippen molar-refractivity contribution < 1.29 is 9.59 Å². The fraction of sp³-hybridized carbons (Fsp3) is 0.208. The van der Waals surface area contributed by atoms with Gasteiger partial charge in [0.25, 0.3) is 5.91 Å². The molecule has 29 heavy (non-hydrogen) atoms. The van der Waals surface area contributed by atoms with E-state index in [1.54, 1.807) is 30.6 Å². The molecule has 0 aliphatic heterocycles. The minimum atomic E-state index is -0.218. The van der Waals surface area contributed by atoms with Crippen molar-refractivity contribution in [2.75, 3.05) is 10.6 Å². The van der Waals surface area contributed by atoms with E-state index in [2.05, 4.69) is 36.4 Å². The lowest BCUT2D eigenvalue weighted by molar-refractivity contribution is 0.101. The van der Waals surface area contributed by atoms with Gasteiger partial charge in [-0.2, -0.15) is 0 Å². The second kappa shape index (κ2) is 8.27. The maximum absolute atomic E-state index is 12.8. The number of benzene rings is 2. The summed E-state index contributed by atoms with van der Waals surface area (Å²) in [5.41, 5.74) is 4.39. The molecule has 3 rings (SSSR count). The number of carbonyl (C=O) groups is 2. The van der Waals surface area contributed by atoms with Crippen molar-refractivity contribution in [2.24, 2.45) is 0 Å². The number of hydrogen-bond donors (Lipinski definition) is 2. The van der Waals surface area contributed by atoms with Gasteiger partial charge in [0, 0.05) is 23.1 Å². The van der Waals surface area contributed by atoms with Crippen molar-refractivity contribution >= 4 is 28.8 Å². The van der Waals surface area contributed by atoms with Crippen molar-refractivity contribution in [1.29, 1.82) is 0 Å². The van der Waals surface area contributed by atoms with Gasteiger partial charge in [0.2, 0.25) is 0 Å². The minimum Gasteiger partial charge on any atom is -0.354 e. The lowest BCUT2D eigenvalue weighted by Crippen LogP contribution is -2.18. The Morgan fingerprint density at radius 1 is 0.862 bits per heavy atom. The summed E-state index contributed by atoms with van der Waals surface area (Å²) in [5, 5.41) is 6.21. The second-order valence-electron chi connectivity index (χ2n) is 7.97. The highest BCUT2D eigenvalue weighted by molar-refractivity contribution is 6.05. The van der Waals surface area contributed by atoms with Gasteiger partial charge >= 0.3 is 0 Å². The summed E-state index contributed by atoms with van der Waals surface area (Å²) in [6.07, 6.45) is 3.19. The van der Waals surface area contributed by atoms with Gasteiger partial charge in [-0.25, -0.2) is 0 Å². The molecular weight excluding hydrogens is 362 g/mol. The van der Waals surface area contributed by atoms with Crippen LogP contribution in [0.4, 0.5) is 17.1 Å². The molecule has 0 unspecified atom stereocenters. The average Bonchev–Trinajstić information content (AvgIpc) is 2.68. The monoisotopic (exact) mass is 387 g/mol. The average molecular weight is 387 g/mol. The largest absolute Gasteiger partial charge is 0.354 e. The summed E-state index contributed by atoms with van der Waals surface area (Å²) in [5.74, 6) is -0.197. The third-order valence-corrected chi connectivity index (χ3v) is 4.56. The van der Waals surface area contributed by atoms with E-state index in [-0.39, 0.29) is 17.1 Å².